The van der Waals surface area contributed by atoms with Crippen molar-refractivity contribution in [3.8, 4) is 0 Å². The Kier molecular flexibility index (Phi) is 14.5. The molecule has 0 heterocycles. The summed E-state index contributed by atoms with van der Waals surface area (Å²) in [7, 11) is 0. The number of hydrogen-bond donors (Lipinski definition) is 0. The Morgan fingerprint density at radius 1 is 0.688 bits per heavy atom. The lowest BCUT2D eigenvalue weighted by Crippen LogP contribution is -1.81. The Balaban J connectivity index is 2.90. The van der Waals surface area contributed by atoms with Crippen LogP contribution in [0.15, 0.2) is 12.2 Å². The van der Waals surface area contributed by atoms with Crippen LogP contribution in [0.4, 0.5) is 0 Å². The second-order valence-electron chi connectivity index (χ2n) is 4.73. The van der Waals surface area contributed by atoms with E-state index >= 15 is 0 Å². The molecule has 0 aliphatic rings. The Morgan fingerprint density at radius 3 is 1.69 bits per heavy atom. The zero-order valence-electron chi connectivity index (χ0n) is 11.3. The van der Waals surface area contributed by atoms with Gasteiger partial charge < -0.3 is 0 Å². The molecule has 0 nitrogen and oxygen atoms in total. The minimum atomic E-state index is 0.942. The fourth-order valence-electron chi connectivity index (χ4n) is 1.99. The Labute approximate surface area is 104 Å². The van der Waals surface area contributed by atoms with Crippen molar-refractivity contribution in [2.24, 2.45) is 0 Å². The van der Waals surface area contributed by atoms with E-state index in [1.165, 1.54) is 70.6 Å². The van der Waals surface area contributed by atoms with Crippen molar-refractivity contribution in [3.63, 3.8) is 0 Å². The smallest absolute Gasteiger partial charge is 0.0351 e. The standard InChI is InChI=1S/C16H31/c1-3-5-7-9-11-13-15-16-14-12-10-8-6-4-2/h5,7H,1,3-4,6,8-16H2,2H3. The Morgan fingerprint density at radius 2 is 1.19 bits per heavy atom. The molecule has 0 saturated carbocycles. The minimum absolute atomic E-state index is 0.942. The highest BCUT2D eigenvalue weighted by atomic mass is 14.0. The molecule has 0 saturated heterocycles. The van der Waals surface area contributed by atoms with Gasteiger partial charge in [-0.15, -0.1) is 0 Å². The van der Waals surface area contributed by atoms with Gasteiger partial charge in [0.2, 0.25) is 0 Å². The molecular formula is C16H31. The molecule has 0 rings (SSSR count). The topological polar surface area (TPSA) is 0 Å². The van der Waals surface area contributed by atoms with E-state index in [9.17, 15) is 0 Å². The molecule has 0 amide bonds. The molecule has 0 unspecified atom stereocenters. The fraction of sp³-hybridized carbons (Fsp3) is 0.812. The maximum Gasteiger partial charge on any atom is -0.0351 e. The lowest BCUT2D eigenvalue weighted by atomic mass is 10.1. The van der Waals surface area contributed by atoms with Crippen LogP contribution in [0.2, 0.25) is 0 Å². The van der Waals surface area contributed by atoms with Gasteiger partial charge in [-0.1, -0.05) is 76.9 Å². The molecule has 0 aliphatic heterocycles. The van der Waals surface area contributed by atoms with E-state index in [4.69, 9.17) is 0 Å². The second kappa shape index (κ2) is 14.7. The summed E-state index contributed by atoms with van der Waals surface area (Å²) < 4.78 is 0. The van der Waals surface area contributed by atoms with Gasteiger partial charge in [-0.2, -0.15) is 0 Å². The largest absolute Gasteiger partial charge is 0.0885 e. The highest BCUT2D eigenvalue weighted by molar-refractivity contribution is 4.81. The molecule has 0 atom stereocenters. The molecule has 0 N–H and O–H groups in total. The summed E-state index contributed by atoms with van der Waals surface area (Å²) >= 11 is 0. The first kappa shape index (κ1) is 15.7. The maximum absolute atomic E-state index is 3.79. The van der Waals surface area contributed by atoms with Gasteiger partial charge in [0.05, 0.1) is 0 Å². The molecule has 0 aliphatic carbocycles. The average molecular weight is 223 g/mol. The molecule has 0 bridgehead atoms. The first-order chi connectivity index (χ1) is 7.91. The first-order valence-corrected chi connectivity index (χ1v) is 7.36. The van der Waals surface area contributed by atoms with Crippen LogP contribution >= 0.6 is 0 Å². The lowest BCUT2D eigenvalue weighted by molar-refractivity contribution is 0.557. The number of hydrogen-bond acceptors (Lipinski definition) is 0. The van der Waals surface area contributed by atoms with Gasteiger partial charge in [-0.25, -0.2) is 0 Å². The van der Waals surface area contributed by atoms with E-state index in [2.05, 4.69) is 26.0 Å². The van der Waals surface area contributed by atoms with Gasteiger partial charge >= 0.3 is 0 Å². The molecule has 1 radical (unpaired) electrons. The third-order valence-electron chi connectivity index (χ3n) is 3.06. The maximum atomic E-state index is 3.79. The predicted octanol–water partition coefficient (Wildman–Crippen LogP) is 6.08. The quantitative estimate of drug-likeness (QED) is 0.278. The lowest BCUT2D eigenvalue weighted by Gasteiger charge is -2.01. The van der Waals surface area contributed by atoms with E-state index in [1.807, 2.05) is 0 Å². The summed E-state index contributed by atoms with van der Waals surface area (Å²) in [5, 5.41) is 0. The summed E-state index contributed by atoms with van der Waals surface area (Å²) in [6, 6.07) is 0. The minimum Gasteiger partial charge on any atom is -0.0885 e. The average Bonchev–Trinajstić information content (AvgIpc) is 2.31. The summed E-state index contributed by atoms with van der Waals surface area (Å²) in [5.74, 6) is 0. The summed E-state index contributed by atoms with van der Waals surface area (Å²) in [5.41, 5.74) is 0. The van der Waals surface area contributed by atoms with Crippen LogP contribution in [0.1, 0.15) is 84.0 Å². The van der Waals surface area contributed by atoms with Crippen molar-refractivity contribution >= 4 is 0 Å². The predicted molar refractivity (Wildman–Crippen MR) is 75.6 cm³/mol. The summed E-state index contributed by atoms with van der Waals surface area (Å²) in [4.78, 5) is 0. The van der Waals surface area contributed by atoms with Crippen LogP contribution in [0, 0.1) is 6.92 Å². The highest BCUT2D eigenvalue weighted by Gasteiger charge is 1.91. The van der Waals surface area contributed by atoms with E-state index in [1.54, 1.807) is 0 Å². The fourth-order valence-corrected chi connectivity index (χ4v) is 1.99. The molecule has 95 valence electrons. The van der Waals surface area contributed by atoms with Crippen molar-refractivity contribution in [1.29, 1.82) is 0 Å². The molecule has 16 heavy (non-hydrogen) atoms. The molecule has 0 aromatic carbocycles. The first-order valence-electron chi connectivity index (χ1n) is 7.36. The zero-order valence-corrected chi connectivity index (χ0v) is 11.3. The van der Waals surface area contributed by atoms with E-state index in [0.717, 1.165) is 6.42 Å². The monoisotopic (exact) mass is 223 g/mol. The van der Waals surface area contributed by atoms with Crippen molar-refractivity contribution in [1.82, 2.24) is 0 Å². The second-order valence-corrected chi connectivity index (χ2v) is 4.73. The van der Waals surface area contributed by atoms with E-state index < -0.39 is 0 Å². The number of allylic oxidation sites excluding steroid dienone is 2. The molecule has 0 heteroatoms. The van der Waals surface area contributed by atoms with Crippen molar-refractivity contribution in [2.45, 2.75) is 84.0 Å². The van der Waals surface area contributed by atoms with E-state index in [0.29, 0.717) is 0 Å². The Bertz CT molecular complexity index is 135. The van der Waals surface area contributed by atoms with Gasteiger partial charge in [0.25, 0.3) is 0 Å². The van der Waals surface area contributed by atoms with Crippen molar-refractivity contribution in [2.75, 3.05) is 0 Å². The number of rotatable bonds is 12. The van der Waals surface area contributed by atoms with Gasteiger partial charge in [0.15, 0.2) is 0 Å². The van der Waals surface area contributed by atoms with Gasteiger partial charge in [0, 0.05) is 0 Å². The van der Waals surface area contributed by atoms with Crippen LogP contribution in [0.5, 0.6) is 0 Å². The highest BCUT2D eigenvalue weighted by Crippen LogP contribution is 2.11. The molecular weight excluding hydrogens is 192 g/mol. The van der Waals surface area contributed by atoms with Gasteiger partial charge in [-0.3, -0.25) is 0 Å². The van der Waals surface area contributed by atoms with Crippen molar-refractivity contribution in [3.05, 3.63) is 19.1 Å². The third-order valence-corrected chi connectivity index (χ3v) is 3.06. The SMILES string of the molecule is [CH2]CC=CCCCCCCCCCCCC. The summed E-state index contributed by atoms with van der Waals surface area (Å²) in [6.45, 7) is 6.07. The third kappa shape index (κ3) is 13.7. The number of unbranched alkanes of at least 4 members (excludes halogenated alkanes) is 10. The van der Waals surface area contributed by atoms with E-state index in [-0.39, 0.29) is 0 Å². The molecule has 0 fully saturated rings. The van der Waals surface area contributed by atoms with Crippen LogP contribution in [-0.2, 0) is 0 Å². The molecule has 0 spiro atoms. The van der Waals surface area contributed by atoms with Crippen molar-refractivity contribution < 1.29 is 0 Å². The van der Waals surface area contributed by atoms with Gasteiger partial charge in [-0.05, 0) is 26.2 Å². The Hall–Kier alpha value is -0.260. The van der Waals surface area contributed by atoms with Crippen LogP contribution in [0.25, 0.3) is 0 Å². The van der Waals surface area contributed by atoms with Crippen LogP contribution in [0.3, 0.4) is 0 Å². The normalized spacial score (nSPS) is 11.4. The van der Waals surface area contributed by atoms with Gasteiger partial charge in [0.1, 0.15) is 0 Å². The molecule has 0 aromatic heterocycles. The summed E-state index contributed by atoms with van der Waals surface area (Å²) in [6.07, 6.45) is 20.9. The van der Waals surface area contributed by atoms with Crippen LogP contribution < -0.4 is 0 Å². The van der Waals surface area contributed by atoms with Crippen LogP contribution in [-0.4, -0.2) is 0 Å². The zero-order chi connectivity index (χ0) is 11.9. The molecule has 0 aromatic rings.